The van der Waals surface area contributed by atoms with Crippen LogP contribution < -0.4 is 5.30 Å². The Labute approximate surface area is 66.4 Å². The maximum Gasteiger partial charge on any atom is 0.270 e. The van der Waals surface area contributed by atoms with Gasteiger partial charge in [-0.1, -0.05) is 20.7 Å². The first-order valence-corrected chi connectivity index (χ1v) is 4.66. The summed E-state index contributed by atoms with van der Waals surface area (Å²) in [6, 6.07) is 6.72. The molecule has 1 unspecified atom stereocenters. The molecule has 0 bridgehead atoms. The Morgan fingerprint density at radius 1 is 1.55 bits per heavy atom. The zero-order chi connectivity index (χ0) is 8.27. The van der Waals surface area contributed by atoms with Crippen LogP contribution in [0, 0.1) is 10.1 Å². The average molecular weight is 169 g/mol. The van der Waals surface area contributed by atoms with Gasteiger partial charge in [-0.2, -0.15) is 0 Å². The van der Waals surface area contributed by atoms with Crippen molar-refractivity contribution < 1.29 is 4.92 Å². The third-order valence-corrected chi connectivity index (χ3v) is 2.23. The van der Waals surface area contributed by atoms with Crippen LogP contribution in [0.3, 0.4) is 0 Å². The third-order valence-electron chi connectivity index (χ3n) is 1.35. The number of non-ortho nitro benzene ring substituents is 1. The van der Waals surface area contributed by atoms with Crippen molar-refractivity contribution in [3.63, 3.8) is 0 Å². The minimum Gasteiger partial charge on any atom is -0.258 e. The van der Waals surface area contributed by atoms with Gasteiger partial charge in [0, 0.05) is 12.1 Å². The van der Waals surface area contributed by atoms with Gasteiger partial charge in [0.2, 0.25) is 0 Å². The molecule has 1 rings (SSSR count). The molecule has 0 spiro atoms. The minimum atomic E-state index is -0.371. The molecule has 3 nitrogen and oxygen atoms in total. The van der Waals surface area contributed by atoms with E-state index in [1.807, 2.05) is 12.7 Å². The summed E-state index contributed by atoms with van der Waals surface area (Å²) in [6.45, 7) is 2.00. The molecule has 0 fully saturated rings. The third kappa shape index (κ3) is 1.99. The molecule has 4 heteroatoms. The lowest BCUT2D eigenvalue weighted by Crippen LogP contribution is -1.95. The van der Waals surface area contributed by atoms with Crippen molar-refractivity contribution in [3.8, 4) is 0 Å². The highest BCUT2D eigenvalue weighted by Gasteiger charge is 2.03. The molecule has 0 heterocycles. The van der Waals surface area contributed by atoms with Crippen LogP contribution >= 0.6 is 8.58 Å². The van der Waals surface area contributed by atoms with Crippen LogP contribution in [0.4, 0.5) is 5.69 Å². The van der Waals surface area contributed by atoms with Crippen molar-refractivity contribution in [2.75, 3.05) is 6.66 Å². The fraction of sp³-hybridized carbons (Fsp3) is 0.143. The SMILES string of the molecule is CPc1cccc([N+](=O)[O-])c1. The number of hydrogen-bond acceptors (Lipinski definition) is 2. The van der Waals surface area contributed by atoms with Crippen molar-refractivity contribution in [1.82, 2.24) is 0 Å². The minimum absolute atomic E-state index is 0.178. The molecule has 0 aromatic heterocycles. The topological polar surface area (TPSA) is 43.1 Å². The predicted molar refractivity (Wildman–Crippen MR) is 47.0 cm³/mol. The summed E-state index contributed by atoms with van der Waals surface area (Å²) < 4.78 is 0. The van der Waals surface area contributed by atoms with Gasteiger partial charge < -0.3 is 0 Å². The number of nitro groups is 1. The summed E-state index contributed by atoms with van der Waals surface area (Å²) in [7, 11) is 0.615. The number of hydrogen-bond donors (Lipinski definition) is 0. The van der Waals surface area contributed by atoms with E-state index in [1.165, 1.54) is 6.07 Å². The molecule has 0 N–H and O–H groups in total. The second-order valence-corrected chi connectivity index (χ2v) is 3.13. The standard InChI is InChI=1S/C7H8NO2P/c1-11-7-4-2-3-6(5-7)8(9)10/h2-5,11H,1H3. The number of nitro benzene ring substituents is 1. The summed E-state index contributed by atoms with van der Waals surface area (Å²) in [5.41, 5.74) is 0.178. The second kappa shape index (κ2) is 3.44. The molecular weight excluding hydrogens is 161 g/mol. The van der Waals surface area contributed by atoms with Gasteiger partial charge in [0.25, 0.3) is 5.69 Å². The van der Waals surface area contributed by atoms with Crippen LogP contribution in [0.5, 0.6) is 0 Å². The summed E-state index contributed by atoms with van der Waals surface area (Å²) in [5.74, 6) is 0. The smallest absolute Gasteiger partial charge is 0.258 e. The fourth-order valence-electron chi connectivity index (χ4n) is 0.775. The molecule has 1 atom stereocenters. The van der Waals surface area contributed by atoms with Crippen molar-refractivity contribution in [1.29, 1.82) is 0 Å². The van der Waals surface area contributed by atoms with E-state index < -0.39 is 0 Å². The monoisotopic (exact) mass is 169 g/mol. The Morgan fingerprint density at radius 2 is 2.27 bits per heavy atom. The fourth-order valence-corrected chi connectivity index (χ4v) is 1.33. The molecule has 0 aliphatic carbocycles. The van der Waals surface area contributed by atoms with Crippen molar-refractivity contribution in [3.05, 3.63) is 34.4 Å². The summed E-state index contributed by atoms with van der Waals surface area (Å²) in [5, 5.41) is 11.3. The molecule has 1 aromatic carbocycles. The predicted octanol–water partition coefficient (Wildman–Crippen LogP) is 1.53. The quantitative estimate of drug-likeness (QED) is 0.382. The van der Waals surface area contributed by atoms with Crippen molar-refractivity contribution in [2.45, 2.75) is 0 Å². The molecule has 11 heavy (non-hydrogen) atoms. The number of benzene rings is 1. The highest BCUT2D eigenvalue weighted by molar-refractivity contribution is 7.46. The van der Waals surface area contributed by atoms with E-state index in [-0.39, 0.29) is 10.6 Å². The van der Waals surface area contributed by atoms with E-state index >= 15 is 0 Å². The van der Waals surface area contributed by atoms with E-state index in [1.54, 1.807) is 12.1 Å². The first-order chi connectivity index (χ1) is 5.24. The lowest BCUT2D eigenvalue weighted by molar-refractivity contribution is -0.384. The summed E-state index contributed by atoms with van der Waals surface area (Å²) in [4.78, 5) is 9.91. The van der Waals surface area contributed by atoms with Crippen LogP contribution in [0.25, 0.3) is 0 Å². The van der Waals surface area contributed by atoms with Gasteiger partial charge in [-0.3, -0.25) is 10.1 Å². The van der Waals surface area contributed by atoms with Crippen LogP contribution in [0.1, 0.15) is 0 Å². The first kappa shape index (κ1) is 8.15. The van der Waals surface area contributed by atoms with Crippen LogP contribution in [0.2, 0.25) is 0 Å². The average Bonchev–Trinajstić information content (AvgIpc) is 2.05. The van der Waals surface area contributed by atoms with Gasteiger partial charge in [-0.15, -0.1) is 0 Å². The Morgan fingerprint density at radius 3 is 2.82 bits per heavy atom. The van der Waals surface area contributed by atoms with Gasteiger partial charge >= 0.3 is 0 Å². The Kier molecular flexibility index (Phi) is 2.55. The van der Waals surface area contributed by atoms with Gasteiger partial charge in [0.15, 0.2) is 0 Å². The van der Waals surface area contributed by atoms with Crippen LogP contribution in [0.15, 0.2) is 24.3 Å². The molecule has 58 valence electrons. The normalized spacial score (nSPS) is 10.6. The summed E-state index contributed by atoms with van der Waals surface area (Å²) in [6.07, 6.45) is 0. The Balaban J connectivity index is 3.01. The lowest BCUT2D eigenvalue weighted by Gasteiger charge is -1.94. The highest BCUT2D eigenvalue weighted by atomic mass is 31.1. The van der Waals surface area contributed by atoms with Crippen molar-refractivity contribution >= 4 is 19.6 Å². The van der Waals surface area contributed by atoms with Gasteiger partial charge in [-0.25, -0.2) is 0 Å². The highest BCUT2D eigenvalue weighted by Crippen LogP contribution is 2.11. The van der Waals surface area contributed by atoms with E-state index in [0.29, 0.717) is 8.58 Å². The van der Waals surface area contributed by atoms with Gasteiger partial charge in [0.05, 0.1) is 4.92 Å². The van der Waals surface area contributed by atoms with E-state index in [4.69, 9.17) is 0 Å². The van der Waals surface area contributed by atoms with Gasteiger partial charge in [0.1, 0.15) is 0 Å². The largest absolute Gasteiger partial charge is 0.270 e. The zero-order valence-electron chi connectivity index (χ0n) is 6.07. The zero-order valence-corrected chi connectivity index (χ0v) is 7.07. The Hall–Kier alpha value is -0.950. The number of nitrogens with zero attached hydrogens (tertiary/aromatic N) is 1. The molecule has 0 saturated carbocycles. The van der Waals surface area contributed by atoms with Crippen LogP contribution in [-0.4, -0.2) is 11.6 Å². The van der Waals surface area contributed by atoms with Gasteiger partial charge in [-0.05, 0) is 12.0 Å². The molecule has 0 amide bonds. The maximum absolute atomic E-state index is 10.3. The lowest BCUT2D eigenvalue weighted by atomic mass is 10.3. The molecule has 0 saturated heterocycles. The molecule has 1 aromatic rings. The first-order valence-electron chi connectivity index (χ1n) is 3.16. The molecule has 0 aliphatic rings. The second-order valence-electron chi connectivity index (χ2n) is 2.06. The van der Waals surface area contributed by atoms with Crippen LogP contribution in [-0.2, 0) is 0 Å². The van der Waals surface area contributed by atoms with E-state index in [9.17, 15) is 10.1 Å². The number of rotatable bonds is 2. The van der Waals surface area contributed by atoms with E-state index in [0.717, 1.165) is 5.30 Å². The summed E-state index contributed by atoms with van der Waals surface area (Å²) >= 11 is 0. The maximum atomic E-state index is 10.3. The Bertz CT molecular complexity index is 275. The van der Waals surface area contributed by atoms with Crippen molar-refractivity contribution in [2.24, 2.45) is 0 Å². The van der Waals surface area contributed by atoms with E-state index in [2.05, 4.69) is 0 Å². The molecular formula is C7H8NO2P. The molecule has 0 aliphatic heterocycles. The molecule has 0 radical (unpaired) electrons.